The van der Waals surface area contributed by atoms with Crippen molar-refractivity contribution >= 4 is 27.7 Å². The van der Waals surface area contributed by atoms with Crippen molar-refractivity contribution < 1.29 is 18.1 Å². The second-order valence-corrected chi connectivity index (χ2v) is 9.09. The number of non-ortho nitro benzene ring substituents is 1. The van der Waals surface area contributed by atoms with Crippen molar-refractivity contribution in [1.82, 2.24) is 9.21 Å². The molecule has 0 unspecified atom stereocenters. The normalized spacial score (nSPS) is 15.5. The molecule has 0 radical (unpaired) electrons. The van der Waals surface area contributed by atoms with Crippen LogP contribution in [-0.2, 0) is 14.8 Å². The Morgan fingerprint density at radius 3 is 2.23 bits per heavy atom. The van der Waals surface area contributed by atoms with Crippen LogP contribution in [0.1, 0.15) is 16.7 Å². The predicted octanol–water partition coefficient (Wildman–Crippen LogP) is 2.76. The van der Waals surface area contributed by atoms with Crippen LogP contribution in [0, 0.1) is 24.0 Å². The number of aryl methyl sites for hydroxylation is 2. The number of nitro benzene ring substituents is 1. The molecule has 1 aliphatic heterocycles. The summed E-state index contributed by atoms with van der Waals surface area (Å²) in [7, 11) is -3.60. The molecule has 2 aromatic rings. The van der Waals surface area contributed by atoms with Crippen LogP contribution in [0.2, 0.25) is 0 Å². The van der Waals surface area contributed by atoms with E-state index in [1.165, 1.54) is 22.5 Å². The third-order valence-corrected chi connectivity index (χ3v) is 7.08. The lowest BCUT2D eigenvalue weighted by atomic mass is 10.2. The highest BCUT2D eigenvalue weighted by Gasteiger charge is 2.30. The van der Waals surface area contributed by atoms with Gasteiger partial charge in [-0.2, -0.15) is 4.31 Å². The first kappa shape index (κ1) is 21.7. The Hall–Kier alpha value is -3.04. The molecule has 1 fully saturated rings. The number of nitro groups is 1. The first-order valence-electron chi connectivity index (χ1n) is 9.47. The topological polar surface area (TPSA) is 101 Å². The highest BCUT2D eigenvalue weighted by Crippen LogP contribution is 2.22. The Morgan fingerprint density at radius 2 is 1.67 bits per heavy atom. The minimum absolute atomic E-state index is 0.0142. The standard InChI is InChI=1S/C21H23N3O5S/c1-16-3-9-20(17(2)15-16)30(28,29)23-13-11-22(12-14-23)21(25)10-6-18-4-7-19(8-5-18)24(26)27/h3-10,15H,11-14H2,1-2H3/b10-6+. The summed E-state index contributed by atoms with van der Waals surface area (Å²) in [4.78, 5) is 24.5. The lowest BCUT2D eigenvalue weighted by Gasteiger charge is -2.33. The third-order valence-electron chi connectivity index (χ3n) is 5.02. The maximum absolute atomic E-state index is 12.9. The van der Waals surface area contributed by atoms with E-state index in [1.807, 2.05) is 13.0 Å². The quantitative estimate of drug-likeness (QED) is 0.413. The Morgan fingerprint density at radius 1 is 1.03 bits per heavy atom. The number of benzene rings is 2. The SMILES string of the molecule is Cc1ccc(S(=O)(=O)N2CCN(C(=O)/C=C/c3ccc([N+](=O)[O-])cc3)CC2)c(C)c1. The van der Waals surface area contributed by atoms with Crippen molar-refractivity contribution in [3.05, 3.63) is 75.3 Å². The summed E-state index contributed by atoms with van der Waals surface area (Å²) in [5, 5.41) is 10.7. The number of sulfonamides is 1. The molecule has 0 bridgehead atoms. The fourth-order valence-electron chi connectivity index (χ4n) is 3.36. The van der Waals surface area contributed by atoms with E-state index in [-0.39, 0.29) is 24.7 Å². The van der Waals surface area contributed by atoms with Crippen LogP contribution in [0.4, 0.5) is 5.69 Å². The molecule has 2 aromatic carbocycles. The maximum atomic E-state index is 12.9. The average Bonchev–Trinajstić information content (AvgIpc) is 2.72. The second-order valence-electron chi connectivity index (χ2n) is 7.18. The van der Waals surface area contributed by atoms with E-state index < -0.39 is 14.9 Å². The lowest BCUT2D eigenvalue weighted by Crippen LogP contribution is -2.50. The minimum Gasteiger partial charge on any atom is -0.337 e. The number of carbonyl (C=O) groups excluding carboxylic acids is 1. The van der Waals surface area contributed by atoms with Gasteiger partial charge < -0.3 is 4.90 Å². The van der Waals surface area contributed by atoms with Crippen molar-refractivity contribution in [3.63, 3.8) is 0 Å². The van der Waals surface area contributed by atoms with E-state index in [0.29, 0.717) is 29.1 Å². The molecule has 0 N–H and O–H groups in total. The van der Waals surface area contributed by atoms with Crippen molar-refractivity contribution in [2.45, 2.75) is 18.7 Å². The number of amides is 1. The molecule has 1 amide bonds. The summed E-state index contributed by atoms with van der Waals surface area (Å²) >= 11 is 0. The molecule has 0 spiro atoms. The molecular formula is C21H23N3O5S. The van der Waals surface area contributed by atoms with Crippen LogP contribution in [0.3, 0.4) is 0 Å². The number of piperazine rings is 1. The Kier molecular flexibility index (Phi) is 6.33. The van der Waals surface area contributed by atoms with Gasteiger partial charge in [0.25, 0.3) is 5.69 Å². The van der Waals surface area contributed by atoms with Gasteiger partial charge in [-0.05, 0) is 49.2 Å². The highest BCUT2D eigenvalue weighted by atomic mass is 32.2. The van der Waals surface area contributed by atoms with Crippen LogP contribution >= 0.6 is 0 Å². The molecule has 0 saturated carbocycles. The van der Waals surface area contributed by atoms with E-state index in [1.54, 1.807) is 42.2 Å². The van der Waals surface area contributed by atoms with Crippen molar-refractivity contribution in [3.8, 4) is 0 Å². The summed E-state index contributed by atoms with van der Waals surface area (Å²) in [6, 6.07) is 11.1. The largest absolute Gasteiger partial charge is 0.337 e. The van der Waals surface area contributed by atoms with Gasteiger partial charge in [0.1, 0.15) is 0 Å². The Balaban J connectivity index is 1.61. The number of nitrogens with zero attached hydrogens (tertiary/aromatic N) is 3. The van der Waals surface area contributed by atoms with Gasteiger partial charge >= 0.3 is 0 Å². The van der Waals surface area contributed by atoms with E-state index in [0.717, 1.165) is 5.56 Å². The van der Waals surface area contributed by atoms with Gasteiger partial charge in [0.2, 0.25) is 15.9 Å². The third kappa shape index (κ3) is 4.74. The zero-order valence-corrected chi connectivity index (χ0v) is 17.6. The smallest absolute Gasteiger partial charge is 0.269 e. The molecule has 1 aliphatic rings. The summed E-state index contributed by atoms with van der Waals surface area (Å²) in [5.74, 6) is -0.225. The van der Waals surface area contributed by atoms with Gasteiger partial charge in [-0.15, -0.1) is 0 Å². The van der Waals surface area contributed by atoms with Crippen molar-refractivity contribution in [2.75, 3.05) is 26.2 Å². The zero-order valence-electron chi connectivity index (χ0n) is 16.8. The van der Waals surface area contributed by atoms with Crippen molar-refractivity contribution in [2.24, 2.45) is 0 Å². The molecule has 1 saturated heterocycles. The molecule has 158 valence electrons. The average molecular weight is 429 g/mol. The van der Waals surface area contributed by atoms with E-state index in [4.69, 9.17) is 0 Å². The van der Waals surface area contributed by atoms with E-state index >= 15 is 0 Å². The number of carbonyl (C=O) groups is 1. The molecule has 30 heavy (non-hydrogen) atoms. The first-order valence-corrected chi connectivity index (χ1v) is 10.9. The Bertz CT molecular complexity index is 1090. The fraction of sp³-hybridized carbons (Fsp3) is 0.286. The van der Waals surface area contributed by atoms with Crippen molar-refractivity contribution in [1.29, 1.82) is 0 Å². The van der Waals surface area contributed by atoms with Crippen LogP contribution in [0.25, 0.3) is 6.08 Å². The molecule has 3 rings (SSSR count). The predicted molar refractivity (Wildman–Crippen MR) is 113 cm³/mol. The van der Waals surface area contributed by atoms with Crippen LogP contribution in [0.5, 0.6) is 0 Å². The molecule has 0 aromatic heterocycles. The summed E-state index contributed by atoms with van der Waals surface area (Å²) in [6.45, 7) is 4.75. The lowest BCUT2D eigenvalue weighted by molar-refractivity contribution is -0.384. The molecule has 9 heteroatoms. The minimum atomic E-state index is -3.60. The van der Waals surface area contributed by atoms with Crippen LogP contribution < -0.4 is 0 Å². The summed E-state index contributed by atoms with van der Waals surface area (Å²) in [5.41, 5.74) is 2.37. The van der Waals surface area contributed by atoms with E-state index in [9.17, 15) is 23.3 Å². The summed E-state index contributed by atoms with van der Waals surface area (Å²) < 4.78 is 27.3. The number of hydrogen-bond donors (Lipinski definition) is 0. The Labute approximate surface area is 175 Å². The summed E-state index contributed by atoms with van der Waals surface area (Å²) in [6.07, 6.45) is 2.99. The molecule has 0 atom stereocenters. The molecule has 0 aliphatic carbocycles. The molecular weight excluding hydrogens is 406 g/mol. The molecule has 8 nitrogen and oxygen atoms in total. The highest BCUT2D eigenvalue weighted by molar-refractivity contribution is 7.89. The monoisotopic (exact) mass is 429 g/mol. The zero-order chi connectivity index (χ0) is 21.9. The van der Waals surface area contributed by atoms with Gasteiger partial charge in [0, 0.05) is 44.4 Å². The fourth-order valence-corrected chi connectivity index (χ4v) is 4.98. The van der Waals surface area contributed by atoms with Gasteiger partial charge in [-0.1, -0.05) is 17.7 Å². The van der Waals surface area contributed by atoms with Gasteiger partial charge in [0.05, 0.1) is 9.82 Å². The second kappa shape index (κ2) is 8.76. The van der Waals surface area contributed by atoms with Crippen LogP contribution in [-0.4, -0.2) is 54.6 Å². The molecule has 1 heterocycles. The number of hydrogen-bond acceptors (Lipinski definition) is 5. The van der Waals surface area contributed by atoms with Gasteiger partial charge in [0.15, 0.2) is 0 Å². The number of rotatable bonds is 5. The van der Waals surface area contributed by atoms with Gasteiger partial charge in [-0.3, -0.25) is 14.9 Å². The maximum Gasteiger partial charge on any atom is 0.269 e. The van der Waals surface area contributed by atoms with Gasteiger partial charge in [-0.25, -0.2) is 8.42 Å². The first-order chi connectivity index (χ1) is 14.2. The van der Waals surface area contributed by atoms with Crippen LogP contribution in [0.15, 0.2) is 53.4 Å². The van der Waals surface area contributed by atoms with E-state index in [2.05, 4.69) is 0 Å².